The summed E-state index contributed by atoms with van der Waals surface area (Å²) in [5.41, 5.74) is 0.778. The lowest BCUT2D eigenvalue weighted by atomic mass is 10.1. The van der Waals surface area contributed by atoms with Gasteiger partial charge in [-0.1, -0.05) is 49.0 Å². The smallest absolute Gasteiger partial charge is 0.326 e. The summed E-state index contributed by atoms with van der Waals surface area (Å²) in [4.78, 5) is 65.4. The van der Waals surface area contributed by atoms with Crippen molar-refractivity contribution < 1.29 is 34.2 Å². The van der Waals surface area contributed by atoms with Gasteiger partial charge in [-0.05, 0) is 31.2 Å². The number of nitrogens with zero attached hydrogens (tertiary/aromatic N) is 2. The average Bonchev–Trinajstić information content (AvgIpc) is 3.32. The van der Waals surface area contributed by atoms with Gasteiger partial charge in [-0.3, -0.25) is 14.4 Å². The van der Waals surface area contributed by atoms with Crippen LogP contribution >= 0.6 is 11.8 Å². The predicted molar refractivity (Wildman–Crippen MR) is 128 cm³/mol. The number of carboxylic acids is 1. The van der Waals surface area contributed by atoms with Gasteiger partial charge in [-0.25, -0.2) is 4.79 Å². The molecule has 2 N–H and O–H groups in total. The van der Waals surface area contributed by atoms with E-state index < -0.39 is 35.0 Å². The van der Waals surface area contributed by atoms with E-state index in [2.05, 4.69) is 10.2 Å². The number of amides is 2. The number of hydrogen-bond acceptors (Lipinski definition) is 8. The van der Waals surface area contributed by atoms with Crippen LogP contribution in [-0.4, -0.2) is 69.0 Å². The maximum atomic E-state index is 13.0. The molecule has 1 aliphatic heterocycles. The lowest BCUT2D eigenvalue weighted by Gasteiger charge is -2.27. The second-order valence-corrected chi connectivity index (χ2v) is 9.45. The number of nitrogens with one attached hydrogen (secondary N) is 1. The molecule has 0 saturated carbocycles. The number of benzene rings is 1. The van der Waals surface area contributed by atoms with Crippen molar-refractivity contribution >= 4 is 34.7 Å². The van der Waals surface area contributed by atoms with Crippen molar-refractivity contribution in [1.29, 1.82) is 0 Å². The van der Waals surface area contributed by atoms with Crippen molar-refractivity contribution in [1.82, 2.24) is 10.2 Å². The SMILES string of the molecule is C[C@H](CSC(=O)CCCCO[N+](=O)[O-])C(=O)N1CCC[C@H]1C(=O)N[C@H](Cc1ccccc1)C(=O)O. The van der Waals surface area contributed by atoms with E-state index in [0.29, 0.717) is 32.2 Å². The number of carbonyl (C=O) groups is 4. The minimum Gasteiger partial charge on any atom is -0.480 e. The molecule has 11 nitrogen and oxygen atoms in total. The number of carbonyl (C=O) groups excluding carboxylic acids is 3. The Labute approximate surface area is 207 Å². The summed E-state index contributed by atoms with van der Waals surface area (Å²) in [5.74, 6) is -2.15. The Bertz CT molecular complexity index is 898. The van der Waals surface area contributed by atoms with Gasteiger partial charge < -0.3 is 20.2 Å². The normalized spacial score (nSPS) is 16.8. The van der Waals surface area contributed by atoms with Crippen molar-refractivity contribution in [2.45, 2.75) is 57.5 Å². The zero-order valence-corrected chi connectivity index (χ0v) is 20.4. The summed E-state index contributed by atoms with van der Waals surface area (Å²) < 4.78 is 0. The Morgan fingerprint density at radius 2 is 1.97 bits per heavy atom. The molecule has 35 heavy (non-hydrogen) atoms. The van der Waals surface area contributed by atoms with Crippen molar-refractivity contribution in [3.8, 4) is 0 Å². The van der Waals surface area contributed by atoms with E-state index in [-0.39, 0.29) is 36.2 Å². The highest BCUT2D eigenvalue weighted by atomic mass is 32.2. The zero-order chi connectivity index (χ0) is 25.8. The van der Waals surface area contributed by atoms with Gasteiger partial charge in [-0.15, -0.1) is 10.1 Å². The minimum absolute atomic E-state index is 0.0632. The fourth-order valence-corrected chi connectivity index (χ4v) is 4.64. The highest BCUT2D eigenvalue weighted by Crippen LogP contribution is 2.23. The number of likely N-dealkylation sites (tertiary alicyclic amines) is 1. The van der Waals surface area contributed by atoms with Crippen LogP contribution in [0.2, 0.25) is 0 Å². The van der Waals surface area contributed by atoms with Gasteiger partial charge in [-0.2, -0.15) is 0 Å². The molecule has 2 amide bonds. The van der Waals surface area contributed by atoms with Crippen LogP contribution in [0.25, 0.3) is 0 Å². The van der Waals surface area contributed by atoms with Crippen molar-refractivity contribution in [3.05, 3.63) is 46.0 Å². The van der Waals surface area contributed by atoms with Gasteiger partial charge in [0.15, 0.2) is 5.12 Å². The highest BCUT2D eigenvalue weighted by Gasteiger charge is 2.37. The lowest BCUT2D eigenvalue weighted by Crippen LogP contribution is -2.52. The van der Waals surface area contributed by atoms with Gasteiger partial charge in [0.1, 0.15) is 12.1 Å². The van der Waals surface area contributed by atoms with E-state index in [4.69, 9.17) is 0 Å². The summed E-state index contributed by atoms with van der Waals surface area (Å²) in [6.45, 7) is 2.02. The zero-order valence-electron chi connectivity index (χ0n) is 19.6. The second kappa shape index (κ2) is 14.3. The molecule has 1 aromatic carbocycles. The molecular weight excluding hydrogens is 478 g/mol. The molecule has 1 saturated heterocycles. The molecule has 3 atom stereocenters. The number of hydrogen-bond donors (Lipinski definition) is 2. The Kier molecular flexibility index (Phi) is 11.5. The summed E-state index contributed by atoms with van der Waals surface area (Å²) in [6.07, 6.45) is 2.26. The standard InChI is InChI=1S/C23H31N3O8S/c1-16(15-35-20(27)11-5-6-13-34-26(32)33)22(29)25-12-7-10-19(25)21(28)24-18(23(30)31)14-17-8-3-2-4-9-17/h2-4,8-9,16,18-19H,5-7,10-15H2,1H3,(H,24,28)(H,30,31)/t16-,18-,19+/m1/s1. The first kappa shape index (κ1) is 28.1. The van der Waals surface area contributed by atoms with Gasteiger partial charge in [0, 0.05) is 31.1 Å². The molecule has 1 aliphatic rings. The van der Waals surface area contributed by atoms with Crippen LogP contribution in [0.1, 0.15) is 44.6 Å². The number of aliphatic carboxylic acids is 1. The van der Waals surface area contributed by atoms with Crippen LogP contribution in [-0.2, 0) is 30.4 Å². The summed E-state index contributed by atoms with van der Waals surface area (Å²) in [7, 11) is 0. The van der Waals surface area contributed by atoms with E-state index in [1.807, 2.05) is 6.07 Å². The van der Waals surface area contributed by atoms with Gasteiger partial charge in [0.25, 0.3) is 5.09 Å². The third kappa shape index (κ3) is 9.55. The van der Waals surface area contributed by atoms with Gasteiger partial charge in [0.2, 0.25) is 11.8 Å². The Balaban J connectivity index is 1.83. The number of thioether (sulfide) groups is 1. The molecular formula is C23H31N3O8S. The van der Waals surface area contributed by atoms with E-state index in [1.54, 1.807) is 31.2 Å². The molecule has 0 radical (unpaired) electrons. The molecule has 1 fully saturated rings. The van der Waals surface area contributed by atoms with Crippen LogP contribution in [0.4, 0.5) is 0 Å². The second-order valence-electron chi connectivity index (χ2n) is 8.38. The summed E-state index contributed by atoms with van der Waals surface area (Å²) in [6, 6.07) is 7.13. The Hall–Kier alpha value is -3.15. The maximum absolute atomic E-state index is 13.0. The molecule has 0 aromatic heterocycles. The first-order valence-corrected chi connectivity index (χ1v) is 12.5. The van der Waals surface area contributed by atoms with E-state index in [0.717, 1.165) is 17.3 Å². The molecule has 1 aromatic rings. The van der Waals surface area contributed by atoms with E-state index in [9.17, 15) is 34.4 Å². The molecule has 0 aliphatic carbocycles. The molecule has 12 heteroatoms. The molecule has 1 heterocycles. The molecule has 0 spiro atoms. The summed E-state index contributed by atoms with van der Waals surface area (Å²) in [5, 5.41) is 21.2. The first-order chi connectivity index (χ1) is 16.7. The topological polar surface area (TPSA) is 156 Å². The van der Waals surface area contributed by atoms with Crippen molar-refractivity contribution in [3.63, 3.8) is 0 Å². The molecule has 0 unspecified atom stereocenters. The highest BCUT2D eigenvalue weighted by molar-refractivity contribution is 8.13. The minimum atomic E-state index is -1.15. The Morgan fingerprint density at radius 1 is 1.26 bits per heavy atom. The fourth-order valence-electron chi connectivity index (χ4n) is 3.78. The molecule has 192 valence electrons. The third-order valence-corrected chi connectivity index (χ3v) is 6.82. The fraction of sp³-hybridized carbons (Fsp3) is 0.565. The quantitative estimate of drug-likeness (QED) is 0.218. The Morgan fingerprint density at radius 3 is 2.63 bits per heavy atom. The lowest BCUT2D eigenvalue weighted by molar-refractivity contribution is -0.757. The number of unbranched alkanes of at least 4 members (excludes halogenated alkanes) is 1. The average molecular weight is 510 g/mol. The number of carboxylic acid groups (broad SMARTS) is 1. The molecule has 2 rings (SSSR count). The van der Waals surface area contributed by atoms with Crippen LogP contribution < -0.4 is 5.32 Å². The van der Waals surface area contributed by atoms with Crippen molar-refractivity contribution in [2.24, 2.45) is 5.92 Å². The maximum Gasteiger partial charge on any atom is 0.326 e. The molecule has 0 bridgehead atoms. The van der Waals surface area contributed by atoms with E-state index in [1.165, 1.54) is 4.90 Å². The largest absolute Gasteiger partial charge is 0.480 e. The van der Waals surface area contributed by atoms with Crippen LogP contribution in [0, 0.1) is 16.0 Å². The third-order valence-electron chi connectivity index (χ3n) is 5.62. The van der Waals surface area contributed by atoms with Gasteiger partial charge >= 0.3 is 5.97 Å². The predicted octanol–water partition coefficient (Wildman–Crippen LogP) is 2.06. The van der Waals surface area contributed by atoms with Crippen LogP contribution in [0.5, 0.6) is 0 Å². The summed E-state index contributed by atoms with van der Waals surface area (Å²) >= 11 is 1.02. The van der Waals surface area contributed by atoms with E-state index >= 15 is 0 Å². The van der Waals surface area contributed by atoms with Crippen molar-refractivity contribution in [2.75, 3.05) is 18.9 Å². The number of rotatable bonds is 14. The first-order valence-electron chi connectivity index (χ1n) is 11.5. The van der Waals surface area contributed by atoms with Crippen LogP contribution in [0.15, 0.2) is 30.3 Å². The monoisotopic (exact) mass is 509 g/mol. The van der Waals surface area contributed by atoms with Crippen LogP contribution in [0.3, 0.4) is 0 Å². The van der Waals surface area contributed by atoms with Gasteiger partial charge in [0.05, 0.1) is 6.61 Å².